The molecule has 0 saturated carbocycles. The SMILES string of the molecule is N=C=O.O[B]O. The van der Waals surface area contributed by atoms with Crippen LogP contribution in [0.25, 0.3) is 0 Å². The van der Waals surface area contributed by atoms with E-state index >= 15 is 0 Å². The minimum atomic E-state index is 0. The van der Waals surface area contributed by atoms with E-state index in [1.807, 2.05) is 0 Å². The molecule has 5 heteroatoms. The minimum absolute atomic E-state index is 0. The highest BCUT2D eigenvalue weighted by atomic mass is 16.4. The van der Waals surface area contributed by atoms with Crippen LogP contribution in [0.2, 0.25) is 0 Å². The molecule has 3 N–H and O–H groups in total. The average molecular weight is 87.9 g/mol. The van der Waals surface area contributed by atoms with Gasteiger partial charge < -0.3 is 10.0 Å². The first kappa shape index (κ1) is 9.03. The van der Waals surface area contributed by atoms with E-state index in [1.54, 1.807) is 0 Å². The lowest BCUT2D eigenvalue weighted by atomic mass is 10.5. The van der Waals surface area contributed by atoms with Gasteiger partial charge in [-0.1, -0.05) is 0 Å². The smallest absolute Gasteiger partial charge is 0.429 e. The second-order valence-corrected chi connectivity index (χ2v) is 0.218. The van der Waals surface area contributed by atoms with E-state index in [2.05, 4.69) is 0 Å². The first-order valence-electron chi connectivity index (χ1n) is 0.971. The van der Waals surface area contributed by atoms with Crippen molar-refractivity contribution in [1.82, 2.24) is 0 Å². The normalized spacial score (nSPS) is 3.67. The zero-order valence-corrected chi connectivity index (χ0v) is 2.88. The van der Waals surface area contributed by atoms with Gasteiger partial charge in [0.25, 0.3) is 0 Å². The number of hydrogen-bond acceptors (Lipinski definition) is 4. The Hall–Kier alpha value is -0.635. The van der Waals surface area contributed by atoms with E-state index in [1.165, 1.54) is 0 Å². The van der Waals surface area contributed by atoms with Crippen molar-refractivity contribution in [3.05, 3.63) is 0 Å². The van der Waals surface area contributed by atoms with E-state index in [9.17, 15) is 0 Å². The molecular formula is CH3BNO3. The summed E-state index contributed by atoms with van der Waals surface area (Å²) in [4.78, 5) is 8.35. The number of carbonyl (C=O) groups excluding carboxylic acids is 1. The molecule has 0 heterocycles. The van der Waals surface area contributed by atoms with Crippen molar-refractivity contribution in [3.63, 3.8) is 0 Å². The molecule has 4 nitrogen and oxygen atoms in total. The van der Waals surface area contributed by atoms with Crippen LogP contribution in [0.4, 0.5) is 0 Å². The Kier molecular flexibility index (Phi) is 39.9. The van der Waals surface area contributed by atoms with Crippen LogP contribution in [0.5, 0.6) is 0 Å². The van der Waals surface area contributed by atoms with Crippen LogP contribution < -0.4 is 0 Å². The maximum Gasteiger partial charge on any atom is 0.482 e. The van der Waals surface area contributed by atoms with Gasteiger partial charge in [0, 0.05) is 0 Å². The lowest BCUT2D eigenvalue weighted by molar-refractivity contribution is 0.448. The lowest BCUT2D eigenvalue weighted by Gasteiger charge is -1.46. The third-order valence-corrected chi connectivity index (χ3v) is 0. The molecular weight excluding hydrogens is 84.8 g/mol. The summed E-state index contributed by atoms with van der Waals surface area (Å²) in [6.45, 7) is 0. The summed E-state index contributed by atoms with van der Waals surface area (Å²) in [6, 6.07) is 0. The highest BCUT2D eigenvalue weighted by molar-refractivity contribution is 6.13. The molecule has 0 aliphatic heterocycles. The zero-order valence-electron chi connectivity index (χ0n) is 2.88. The van der Waals surface area contributed by atoms with Gasteiger partial charge in [-0.05, 0) is 0 Å². The molecule has 0 spiro atoms. The maximum atomic E-state index is 8.35. The standard InChI is InChI=1S/CHNO.BH2O2/c2*2-1-3/h2H;2-3H. The maximum absolute atomic E-state index is 8.35. The molecule has 0 aromatic rings. The second-order valence-electron chi connectivity index (χ2n) is 0.218. The van der Waals surface area contributed by atoms with E-state index < -0.39 is 0 Å². The fourth-order valence-corrected chi connectivity index (χ4v) is 0. The highest BCUT2D eigenvalue weighted by Crippen LogP contribution is 1.08. The van der Waals surface area contributed by atoms with Gasteiger partial charge in [0.15, 0.2) is 0 Å². The van der Waals surface area contributed by atoms with Gasteiger partial charge in [-0.25, -0.2) is 10.2 Å². The predicted octanol–water partition coefficient (Wildman–Crippen LogP) is -1.59. The summed E-state index contributed by atoms with van der Waals surface area (Å²) >= 11 is 0. The van der Waals surface area contributed by atoms with Crippen LogP contribution in [0, 0.1) is 5.41 Å². The number of nitrogens with one attached hydrogen (secondary N) is 1. The zero-order chi connectivity index (χ0) is 5.41. The van der Waals surface area contributed by atoms with Gasteiger partial charge in [0.1, 0.15) is 0 Å². The first-order chi connectivity index (χ1) is 2.83. The molecule has 0 bridgehead atoms. The average Bonchev–Trinajstić information content (AvgIpc) is 1.39. The topological polar surface area (TPSA) is 81.4 Å². The minimum Gasteiger partial charge on any atom is -0.429 e. The van der Waals surface area contributed by atoms with Crippen molar-refractivity contribution in [2.75, 3.05) is 0 Å². The van der Waals surface area contributed by atoms with Crippen molar-refractivity contribution in [3.8, 4) is 0 Å². The van der Waals surface area contributed by atoms with Gasteiger partial charge in [0.2, 0.25) is 6.08 Å². The lowest BCUT2D eigenvalue weighted by Crippen LogP contribution is -1.75. The summed E-state index contributed by atoms with van der Waals surface area (Å²) in [5.41, 5.74) is 0. The second kappa shape index (κ2) is 26.5. The molecule has 0 fully saturated rings. The third kappa shape index (κ3) is 46.7. The Morgan fingerprint density at radius 3 is 1.67 bits per heavy atom. The van der Waals surface area contributed by atoms with Crippen LogP contribution in [0.3, 0.4) is 0 Å². The van der Waals surface area contributed by atoms with Crippen molar-refractivity contribution < 1.29 is 14.8 Å². The highest BCUT2D eigenvalue weighted by Gasteiger charge is 1.51. The summed E-state index contributed by atoms with van der Waals surface area (Å²) < 4.78 is 0. The van der Waals surface area contributed by atoms with Crippen LogP contribution in [-0.2, 0) is 4.79 Å². The predicted molar refractivity (Wildman–Crippen MR) is 18.6 cm³/mol. The molecule has 0 aliphatic rings. The van der Waals surface area contributed by atoms with Gasteiger partial charge in [0.05, 0.1) is 0 Å². The molecule has 0 rings (SSSR count). The largest absolute Gasteiger partial charge is 0.482 e. The Morgan fingerprint density at radius 2 is 1.67 bits per heavy atom. The van der Waals surface area contributed by atoms with Gasteiger partial charge in [-0.15, -0.1) is 0 Å². The molecule has 0 unspecified atom stereocenters. The van der Waals surface area contributed by atoms with Crippen LogP contribution in [-0.4, -0.2) is 23.8 Å². The molecule has 0 amide bonds. The number of hydrogen-bond donors (Lipinski definition) is 3. The monoisotopic (exact) mass is 88.0 g/mol. The van der Waals surface area contributed by atoms with Crippen molar-refractivity contribution >= 4 is 13.8 Å². The van der Waals surface area contributed by atoms with Gasteiger partial charge in [-0.3, -0.25) is 0 Å². The summed E-state index contributed by atoms with van der Waals surface area (Å²) in [6.07, 6.45) is 0.750. The Morgan fingerprint density at radius 1 is 1.67 bits per heavy atom. The molecule has 0 atom stereocenters. The molecule has 0 aliphatic carbocycles. The molecule has 6 heavy (non-hydrogen) atoms. The third-order valence-electron chi connectivity index (χ3n) is 0. The number of isocyanates is 1. The first-order valence-corrected chi connectivity index (χ1v) is 0.971. The van der Waals surface area contributed by atoms with Gasteiger partial charge in [-0.2, -0.15) is 0 Å². The van der Waals surface area contributed by atoms with E-state index in [0.717, 1.165) is 6.08 Å². The molecule has 0 aromatic heterocycles. The number of rotatable bonds is 0. The fraction of sp³-hybridized carbons (Fsp3) is 0. The van der Waals surface area contributed by atoms with E-state index in [4.69, 9.17) is 20.3 Å². The van der Waals surface area contributed by atoms with Crippen molar-refractivity contribution in [2.24, 2.45) is 0 Å². The van der Waals surface area contributed by atoms with Crippen LogP contribution >= 0.6 is 0 Å². The Labute approximate surface area is 35.2 Å². The fourth-order valence-electron chi connectivity index (χ4n) is 0. The van der Waals surface area contributed by atoms with E-state index in [0.29, 0.717) is 0 Å². The van der Waals surface area contributed by atoms with Gasteiger partial charge >= 0.3 is 7.69 Å². The molecule has 33 valence electrons. The Bertz CT molecular complexity index is 40.1. The van der Waals surface area contributed by atoms with Crippen LogP contribution in [0.1, 0.15) is 0 Å². The quantitative estimate of drug-likeness (QED) is 0.189. The summed E-state index contributed by atoms with van der Waals surface area (Å²) in [7, 11) is 0. The Balaban J connectivity index is 0. The summed E-state index contributed by atoms with van der Waals surface area (Å²) in [5.74, 6) is 0. The molecule has 0 saturated heterocycles. The molecule has 0 aromatic carbocycles. The molecule has 1 radical (unpaired) electrons. The van der Waals surface area contributed by atoms with E-state index in [-0.39, 0.29) is 7.69 Å². The van der Waals surface area contributed by atoms with Crippen molar-refractivity contribution in [1.29, 1.82) is 5.41 Å². The van der Waals surface area contributed by atoms with Crippen molar-refractivity contribution in [2.45, 2.75) is 0 Å². The summed E-state index contributed by atoms with van der Waals surface area (Å²) in [5, 5.41) is 19.4. The van der Waals surface area contributed by atoms with Crippen LogP contribution in [0.15, 0.2) is 0 Å².